The molecule has 0 aliphatic rings. The van der Waals surface area contributed by atoms with Gasteiger partial charge in [-0.2, -0.15) is 0 Å². The van der Waals surface area contributed by atoms with E-state index in [1.165, 1.54) is 17.2 Å². The van der Waals surface area contributed by atoms with E-state index in [1.807, 2.05) is 12.1 Å². The molecular weight excluding hydrogens is 237 g/mol. The number of rotatable bonds is 6. The Labute approximate surface area is 114 Å². The first-order valence-corrected chi connectivity index (χ1v) is 6.82. The van der Waals surface area contributed by atoms with Crippen molar-refractivity contribution >= 4 is 0 Å². The average Bonchev–Trinajstić information content (AvgIpc) is 2.45. The van der Waals surface area contributed by atoms with Crippen LogP contribution in [0.3, 0.4) is 0 Å². The van der Waals surface area contributed by atoms with Crippen molar-refractivity contribution in [1.29, 1.82) is 0 Å². The third kappa shape index (κ3) is 3.90. The van der Waals surface area contributed by atoms with Crippen LogP contribution in [-0.2, 0) is 19.4 Å². The van der Waals surface area contributed by atoms with Gasteiger partial charge in [-0.3, -0.25) is 0 Å². The molecule has 100 valence electrons. The standard InChI is InChI=1S/C17H20FN/c1-2-14-7-3-4-9-16(14)13-19-12-11-15-8-5-6-10-17(15)18/h3-10,19H,2,11-13H2,1H3. The maximum atomic E-state index is 13.4. The molecule has 1 nitrogen and oxygen atoms in total. The summed E-state index contributed by atoms with van der Waals surface area (Å²) in [6.45, 7) is 3.80. The van der Waals surface area contributed by atoms with Crippen molar-refractivity contribution in [1.82, 2.24) is 5.32 Å². The lowest BCUT2D eigenvalue weighted by atomic mass is 10.1. The molecule has 0 atom stereocenters. The van der Waals surface area contributed by atoms with Crippen LogP contribution in [0.25, 0.3) is 0 Å². The maximum absolute atomic E-state index is 13.4. The zero-order valence-electron chi connectivity index (χ0n) is 11.3. The van der Waals surface area contributed by atoms with Gasteiger partial charge in [-0.05, 0) is 42.1 Å². The summed E-state index contributed by atoms with van der Waals surface area (Å²) in [5.41, 5.74) is 3.48. The number of benzene rings is 2. The van der Waals surface area contributed by atoms with E-state index in [0.29, 0.717) is 0 Å². The predicted octanol–water partition coefficient (Wildman–Crippen LogP) is 3.72. The molecule has 0 aliphatic carbocycles. The third-order valence-electron chi connectivity index (χ3n) is 3.34. The van der Waals surface area contributed by atoms with E-state index in [1.54, 1.807) is 6.07 Å². The number of aryl methyl sites for hydroxylation is 1. The van der Waals surface area contributed by atoms with Crippen LogP contribution in [0.5, 0.6) is 0 Å². The van der Waals surface area contributed by atoms with Gasteiger partial charge in [0.1, 0.15) is 5.82 Å². The van der Waals surface area contributed by atoms with Gasteiger partial charge in [-0.15, -0.1) is 0 Å². The van der Waals surface area contributed by atoms with Crippen molar-refractivity contribution in [3.8, 4) is 0 Å². The van der Waals surface area contributed by atoms with E-state index < -0.39 is 0 Å². The third-order valence-corrected chi connectivity index (χ3v) is 3.34. The number of hydrogen-bond acceptors (Lipinski definition) is 1. The van der Waals surface area contributed by atoms with Gasteiger partial charge in [-0.25, -0.2) is 4.39 Å². The van der Waals surface area contributed by atoms with Gasteiger partial charge in [-0.1, -0.05) is 49.4 Å². The smallest absolute Gasteiger partial charge is 0.126 e. The van der Waals surface area contributed by atoms with Crippen LogP contribution in [0, 0.1) is 5.82 Å². The molecule has 0 radical (unpaired) electrons. The van der Waals surface area contributed by atoms with Gasteiger partial charge in [0, 0.05) is 6.54 Å². The fraction of sp³-hybridized carbons (Fsp3) is 0.294. The summed E-state index contributed by atoms with van der Waals surface area (Å²) < 4.78 is 13.4. The second-order valence-corrected chi connectivity index (χ2v) is 4.64. The monoisotopic (exact) mass is 257 g/mol. The Morgan fingerprint density at radius 3 is 2.21 bits per heavy atom. The molecule has 19 heavy (non-hydrogen) atoms. The fourth-order valence-electron chi connectivity index (χ4n) is 2.22. The van der Waals surface area contributed by atoms with Crippen LogP contribution >= 0.6 is 0 Å². The van der Waals surface area contributed by atoms with E-state index in [9.17, 15) is 4.39 Å². The molecule has 2 aromatic rings. The topological polar surface area (TPSA) is 12.0 Å². The highest BCUT2D eigenvalue weighted by Gasteiger charge is 2.01. The minimum absolute atomic E-state index is 0.113. The Morgan fingerprint density at radius 1 is 0.895 bits per heavy atom. The van der Waals surface area contributed by atoms with Crippen molar-refractivity contribution in [2.24, 2.45) is 0 Å². The Bertz CT molecular complexity index is 522. The summed E-state index contributed by atoms with van der Waals surface area (Å²) in [6.07, 6.45) is 1.77. The molecule has 2 aromatic carbocycles. The Balaban J connectivity index is 1.83. The van der Waals surface area contributed by atoms with Crippen molar-refractivity contribution < 1.29 is 4.39 Å². The van der Waals surface area contributed by atoms with E-state index >= 15 is 0 Å². The Morgan fingerprint density at radius 2 is 1.53 bits per heavy atom. The molecule has 0 saturated heterocycles. The number of halogens is 1. The first kappa shape index (κ1) is 13.8. The Hall–Kier alpha value is -1.67. The zero-order chi connectivity index (χ0) is 13.5. The second kappa shape index (κ2) is 7.05. The van der Waals surface area contributed by atoms with Gasteiger partial charge in [0.05, 0.1) is 0 Å². The lowest BCUT2D eigenvalue weighted by molar-refractivity contribution is 0.597. The zero-order valence-corrected chi connectivity index (χ0v) is 11.3. The van der Waals surface area contributed by atoms with Gasteiger partial charge >= 0.3 is 0 Å². The molecule has 0 aliphatic heterocycles. The molecule has 0 bridgehead atoms. The van der Waals surface area contributed by atoms with Crippen molar-refractivity contribution in [3.63, 3.8) is 0 Å². The lowest BCUT2D eigenvalue weighted by Crippen LogP contribution is -2.18. The quantitative estimate of drug-likeness (QED) is 0.778. The number of nitrogens with one attached hydrogen (secondary N) is 1. The summed E-state index contributed by atoms with van der Waals surface area (Å²) in [7, 11) is 0. The highest BCUT2D eigenvalue weighted by Crippen LogP contribution is 2.09. The van der Waals surface area contributed by atoms with E-state index in [2.05, 4.69) is 36.5 Å². The van der Waals surface area contributed by atoms with E-state index in [0.717, 1.165) is 31.5 Å². The highest BCUT2D eigenvalue weighted by atomic mass is 19.1. The lowest BCUT2D eigenvalue weighted by Gasteiger charge is -2.09. The minimum Gasteiger partial charge on any atom is -0.312 e. The summed E-state index contributed by atoms with van der Waals surface area (Å²) in [4.78, 5) is 0. The average molecular weight is 257 g/mol. The summed E-state index contributed by atoms with van der Waals surface area (Å²) >= 11 is 0. The molecule has 0 heterocycles. The molecule has 0 amide bonds. The summed E-state index contributed by atoms with van der Waals surface area (Å²) in [5, 5.41) is 3.39. The minimum atomic E-state index is -0.113. The molecular formula is C17H20FN. The molecule has 0 unspecified atom stereocenters. The summed E-state index contributed by atoms with van der Waals surface area (Å²) in [6, 6.07) is 15.4. The molecule has 0 spiro atoms. The largest absolute Gasteiger partial charge is 0.312 e. The first-order valence-electron chi connectivity index (χ1n) is 6.82. The molecule has 0 aromatic heterocycles. The normalized spacial score (nSPS) is 10.6. The van der Waals surface area contributed by atoms with Gasteiger partial charge < -0.3 is 5.32 Å². The van der Waals surface area contributed by atoms with E-state index in [-0.39, 0.29) is 5.82 Å². The van der Waals surface area contributed by atoms with Gasteiger partial charge in [0.15, 0.2) is 0 Å². The highest BCUT2D eigenvalue weighted by molar-refractivity contribution is 5.26. The van der Waals surface area contributed by atoms with Crippen LogP contribution < -0.4 is 5.32 Å². The molecule has 2 rings (SSSR count). The molecule has 2 heteroatoms. The first-order chi connectivity index (χ1) is 9.31. The number of hydrogen-bond donors (Lipinski definition) is 1. The van der Waals surface area contributed by atoms with Gasteiger partial charge in [0.25, 0.3) is 0 Å². The molecule has 0 fully saturated rings. The van der Waals surface area contributed by atoms with Crippen LogP contribution in [0.4, 0.5) is 4.39 Å². The van der Waals surface area contributed by atoms with Crippen molar-refractivity contribution in [3.05, 3.63) is 71.0 Å². The maximum Gasteiger partial charge on any atom is 0.126 e. The van der Waals surface area contributed by atoms with Crippen molar-refractivity contribution in [2.75, 3.05) is 6.54 Å². The van der Waals surface area contributed by atoms with E-state index in [4.69, 9.17) is 0 Å². The van der Waals surface area contributed by atoms with Crippen LogP contribution in [0.2, 0.25) is 0 Å². The van der Waals surface area contributed by atoms with Crippen LogP contribution in [0.15, 0.2) is 48.5 Å². The van der Waals surface area contributed by atoms with Gasteiger partial charge in [0.2, 0.25) is 0 Å². The molecule has 1 N–H and O–H groups in total. The molecule has 0 saturated carbocycles. The van der Waals surface area contributed by atoms with Crippen molar-refractivity contribution in [2.45, 2.75) is 26.3 Å². The Kier molecular flexibility index (Phi) is 5.10. The second-order valence-electron chi connectivity index (χ2n) is 4.64. The summed E-state index contributed by atoms with van der Waals surface area (Å²) in [5.74, 6) is -0.113. The van der Waals surface area contributed by atoms with Crippen LogP contribution in [0.1, 0.15) is 23.6 Å². The predicted molar refractivity (Wildman–Crippen MR) is 77.6 cm³/mol. The SMILES string of the molecule is CCc1ccccc1CNCCc1ccccc1F. The van der Waals surface area contributed by atoms with Crippen LogP contribution in [-0.4, -0.2) is 6.54 Å². The fourth-order valence-corrected chi connectivity index (χ4v) is 2.22.